The van der Waals surface area contributed by atoms with E-state index >= 15 is 0 Å². The maximum Gasteiger partial charge on any atom is 0.488 e. The van der Waals surface area contributed by atoms with Crippen LogP contribution < -0.4 is 10.0 Å². The fraction of sp³-hybridized carbons (Fsp3) is 0.267. The summed E-state index contributed by atoms with van der Waals surface area (Å²) in [4.78, 5) is 0. The predicted molar refractivity (Wildman–Crippen MR) is 76.7 cm³/mol. The van der Waals surface area contributed by atoms with Crippen molar-refractivity contribution in [3.8, 4) is 5.69 Å². The third-order valence-corrected chi connectivity index (χ3v) is 3.34. The molecule has 4 heteroatoms. The molecule has 19 heavy (non-hydrogen) atoms. The summed E-state index contributed by atoms with van der Waals surface area (Å²) in [6.07, 6.45) is 0. The topological polar surface area (TPSA) is 44.3 Å². The number of aromatic nitrogens is 1. The van der Waals surface area contributed by atoms with Crippen molar-refractivity contribution in [1.82, 2.24) is 0 Å². The molecule has 2 N–H and O–H groups in total. The van der Waals surface area contributed by atoms with Crippen molar-refractivity contribution in [3.63, 3.8) is 0 Å². The van der Waals surface area contributed by atoms with E-state index < -0.39 is 7.12 Å². The largest absolute Gasteiger partial charge is 0.488 e. The number of pyridine rings is 1. The minimum atomic E-state index is -1.42. The predicted octanol–water partition coefficient (Wildman–Crippen LogP) is 0.877. The average molecular weight is 256 g/mol. The van der Waals surface area contributed by atoms with E-state index in [-0.39, 0.29) is 0 Å². The van der Waals surface area contributed by atoms with Crippen molar-refractivity contribution in [1.29, 1.82) is 0 Å². The van der Waals surface area contributed by atoms with E-state index in [1.165, 1.54) is 5.56 Å². The Morgan fingerprint density at radius 2 is 1.47 bits per heavy atom. The van der Waals surface area contributed by atoms with Crippen LogP contribution in [0, 0.1) is 27.7 Å². The van der Waals surface area contributed by atoms with E-state index in [1.54, 1.807) is 6.07 Å². The zero-order chi connectivity index (χ0) is 14.2. The first kappa shape index (κ1) is 13.8. The molecule has 2 aromatic rings. The molecule has 0 aliphatic carbocycles. The first-order valence-corrected chi connectivity index (χ1v) is 6.37. The van der Waals surface area contributed by atoms with Gasteiger partial charge in [-0.1, -0.05) is 12.1 Å². The SMILES string of the molecule is Cc1cc(C)[n+](-c2ccc(B(O)O)cc2C)c(C)c1. The molecular formula is C15H19BNO2+. The maximum atomic E-state index is 9.20. The van der Waals surface area contributed by atoms with Gasteiger partial charge in [-0.05, 0) is 24.9 Å². The fourth-order valence-corrected chi connectivity index (χ4v) is 2.58. The summed E-state index contributed by atoms with van der Waals surface area (Å²) in [7, 11) is -1.42. The molecule has 1 aromatic carbocycles. The Bertz CT molecular complexity index is 601. The second-order valence-corrected chi connectivity index (χ2v) is 5.07. The van der Waals surface area contributed by atoms with E-state index in [0.29, 0.717) is 5.46 Å². The molecule has 98 valence electrons. The molecule has 0 atom stereocenters. The Morgan fingerprint density at radius 3 is 1.95 bits per heavy atom. The molecular weight excluding hydrogens is 237 g/mol. The highest BCUT2D eigenvalue weighted by Crippen LogP contribution is 2.10. The van der Waals surface area contributed by atoms with E-state index in [0.717, 1.165) is 22.6 Å². The molecule has 1 heterocycles. The fourth-order valence-electron chi connectivity index (χ4n) is 2.58. The standard InChI is InChI=1S/C15H19BNO2/c1-10-7-12(3)17(13(4)8-10)15-6-5-14(16(18)19)9-11(15)2/h5-9,18-19H,1-4H3/q+1. The van der Waals surface area contributed by atoms with Gasteiger partial charge in [0.15, 0.2) is 11.4 Å². The van der Waals surface area contributed by atoms with E-state index in [1.807, 2.05) is 19.1 Å². The Balaban J connectivity index is 2.60. The number of rotatable bonds is 2. The minimum Gasteiger partial charge on any atom is -0.423 e. The van der Waals surface area contributed by atoms with Crippen LogP contribution in [0.2, 0.25) is 0 Å². The summed E-state index contributed by atoms with van der Waals surface area (Å²) in [5, 5.41) is 18.4. The lowest BCUT2D eigenvalue weighted by Gasteiger charge is -2.08. The quantitative estimate of drug-likeness (QED) is 0.618. The van der Waals surface area contributed by atoms with E-state index in [9.17, 15) is 10.0 Å². The third-order valence-electron chi connectivity index (χ3n) is 3.34. The van der Waals surface area contributed by atoms with Crippen LogP contribution in [0.5, 0.6) is 0 Å². The summed E-state index contributed by atoms with van der Waals surface area (Å²) in [5.74, 6) is 0. The highest BCUT2D eigenvalue weighted by atomic mass is 16.4. The first-order chi connectivity index (χ1) is 8.90. The zero-order valence-electron chi connectivity index (χ0n) is 11.8. The molecule has 1 aromatic heterocycles. The van der Waals surface area contributed by atoms with Crippen molar-refractivity contribution in [2.45, 2.75) is 27.7 Å². The first-order valence-electron chi connectivity index (χ1n) is 6.37. The lowest BCUT2D eigenvalue weighted by molar-refractivity contribution is -0.610. The van der Waals surface area contributed by atoms with Gasteiger partial charge in [0.2, 0.25) is 5.69 Å². The molecule has 0 bridgehead atoms. The van der Waals surface area contributed by atoms with Gasteiger partial charge in [0.25, 0.3) is 0 Å². The van der Waals surface area contributed by atoms with Crippen molar-refractivity contribution in [3.05, 3.63) is 52.8 Å². The molecule has 0 aliphatic rings. The second kappa shape index (κ2) is 5.15. The van der Waals surface area contributed by atoms with Crippen molar-refractivity contribution >= 4 is 12.6 Å². The van der Waals surface area contributed by atoms with Crippen molar-refractivity contribution in [2.75, 3.05) is 0 Å². The van der Waals surface area contributed by atoms with Gasteiger partial charge in [0.1, 0.15) is 0 Å². The summed E-state index contributed by atoms with van der Waals surface area (Å²) in [5.41, 5.74) is 6.18. The number of hydrogen-bond acceptors (Lipinski definition) is 2. The van der Waals surface area contributed by atoms with Gasteiger partial charge in [0, 0.05) is 37.6 Å². The highest BCUT2D eigenvalue weighted by molar-refractivity contribution is 6.58. The van der Waals surface area contributed by atoms with Crippen LogP contribution in [-0.4, -0.2) is 17.2 Å². The maximum absolute atomic E-state index is 9.20. The molecule has 0 radical (unpaired) electrons. The number of aryl methyl sites for hydroxylation is 4. The monoisotopic (exact) mass is 256 g/mol. The van der Waals surface area contributed by atoms with E-state index in [4.69, 9.17) is 0 Å². The highest BCUT2D eigenvalue weighted by Gasteiger charge is 2.19. The lowest BCUT2D eigenvalue weighted by atomic mass is 9.79. The van der Waals surface area contributed by atoms with Crippen molar-refractivity contribution < 1.29 is 14.6 Å². The molecule has 2 rings (SSSR count). The van der Waals surface area contributed by atoms with Gasteiger partial charge in [-0.3, -0.25) is 0 Å². The van der Waals surface area contributed by atoms with E-state index in [2.05, 4.69) is 37.5 Å². The molecule has 0 fully saturated rings. The van der Waals surface area contributed by atoms with Gasteiger partial charge < -0.3 is 10.0 Å². The molecule has 0 unspecified atom stereocenters. The van der Waals surface area contributed by atoms with Crippen LogP contribution in [0.3, 0.4) is 0 Å². The molecule has 0 saturated heterocycles. The van der Waals surface area contributed by atoms with Crippen LogP contribution in [0.4, 0.5) is 0 Å². The van der Waals surface area contributed by atoms with Gasteiger partial charge >= 0.3 is 7.12 Å². The van der Waals surface area contributed by atoms with Crippen LogP contribution in [-0.2, 0) is 0 Å². The summed E-state index contributed by atoms with van der Waals surface area (Å²) >= 11 is 0. The van der Waals surface area contributed by atoms with Gasteiger partial charge in [-0.25, -0.2) is 0 Å². The Labute approximate surface area is 114 Å². The van der Waals surface area contributed by atoms with Crippen LogP contribution in [0.25, 0.3) is 5.69 Å². The van der Waals surface area contributed by atoms with Gasteiger partial charge in [0.05, 0.1) is 0 Å². The molecule has 0 amide bonds. The van der Waals surface area contributed by atoms with Crippen molar-refractivity contribution in [2.24, 2.45) is 0 Å². The Kier molecular flexibility index (Phi) is 3.74. The van der Waals surface area contributed by atoms with Gasteiger partial charge in [-0.15, -0.1) is 0 Å². The molecule has 0 saturated carbocycles. The van der Waals surface area contributed by atoms with Gasteiger partial charge in [-0.2, -0.15) is 4.57 Å². The number of benzene rings is 1. The Morgan fingerprint density at radius 1 is 0.895 bits per heavy atom. The molecule has 0 spiro atoms. The average Bonchev–Trinajstić information content (AvgIpc) is 2.29. The minimum absolute atomic E-state index is 0.518. The summed E-state index contributed by atoms with van der Waals surface area (Å²) in [6.45, 7) is 8.22. The normalized spacial score (nSPS) is 10.6. The molecule has 3 nitrogen and oxygen atoms in total. The van der Waals surface area contributed by atoms with Crippen LogP contribution in [0.1, 0.15) is 22.5 Å². The lowest BCUT2D eigenvalue weighted by Crippen LogP contribution is -2.39. The zero-order valence-corrected chi connectivity index (χ0v) is 11.8. The summed E-state index contributed by atoms with van der Waals surface area (Å²) < 4.78 is 2.18. The van der Waals surface area contributed by atoms with Crippen LogP contribution >= 0.6 is 0 Å². The third kappa shape index (κ3) is 2.70. The number of hydrogen-bond donors (Lipinski definition) is 2. The smallest absolute Gasteiger partial charge is 0.423 e. The second-order valence-electron chi connectivity index (χ2n) is 5.07. The number of nitrogens with zero attached hydrogens (tertiary/aromatic N) is 1. The van der Waals surface area contributed by atoms with Crippen LogP contribution in [0.15, 0.2) is 30.3 Å². The summed E-state index contributed by atoms with van der Waals surface area (Å²) in [6, 6.07) is 9.77. The molecule has 0 aliphatic heterocycles. The Hall–Kier alpha value is -1.65.